The molecule has 0 radical (unpaired) electrons. The topological polar surface area (TPSA) is 111 Å². The van der Waals surface area contributed by atoms with Gasteiger partial charge >= 0.3 is 0 Å². The van der Waals surface area contributed by atoms with Crippen LogP contribution in [-0.4, -0.2) is 23.3 Å². The molecule has 1 aromatic heterocycles. The van der Waals surface area contributed by atoms with Crippen LogP contribution in [0.5, 0.6) is 0 Å². The molecule has 0 aliphatic rings. The molecule has 23 heavy (non-hydrogen) atoms. The molecule has 2 rings (SSSR count). The lowest BCUT2D eigenvalue weighted by Gasteiger charge is -2.12. The average molecular weight is 312 g/mol. The number of carbonyl (C=O) groups excluding carboxylic acids is 2. The van der Waals surface area contributed by atoms with Crippen LogP contribution in [0, 0.1) is 0 Å². The van der Waals surface area contributed by atoms with Gasteiger partial charge in [0.25, 0.3) is 0 Å². The minimum atomic E-state index is -0.630. The molecule has 2 amide bonds. The zero-order valence-electron chi connectivity index (χ0n) is 13.0. The maximum Gasteiger partial charge on any atom is 0.249 e. The molecule has 1 heterocycles. The van der Waals surface area contributed by atoms with Crippen LogP contribution < -0.4 is 16.8 Å². The van der Waals surface area contributed by atoms with Gasteiger partial charge in [-0.1, -0.05) is 25.5 Å². The number of hydrogen-bond donors (Lipinski definition) is 3. The molecule has 6 nitrogen and oxygen atoms in total. The van der Waals surface area contributed by atoms with Gasteiger partial charge in [0.15, 0.2) is 0 Å². The van der Waals surface area contributed by atoms with Gasteiger partial charge in [0.2, 0.25) is 11.8 Å². The third kappa shape index (κ3) is 3.85. The molecule has 120 valence electrons. The smallest absolute Gasteiger partial charge is 0.249 e. The van der Waals surface area contributed by atoms with Gasteiger partial charge in [-0.15, -0.1) is 0 Å². The van der Waals surface area contributed by atoms with Crippen molar-refractivity contribution in [3.05, 3.63) is 47.5 Å². The van der Waals surface area contributed by atoms with E-state index >= 15 is 0 Å². The Balaban J connectivity index is 2.50. The van der Waals surface area contributed by atoms with Crippen LogP contribution in [0.3, 0.4) is 0 Å². The standard InChI is InChI=1S/C17H20N4O2/c1-2-3-10-20-14-9-5-8-13(21-14)15-11(16(18)22)6-4-7-12(15)17(19)23/h4-9H,2-3,10H2,1H3,(H2,18,22)(H2,19,23)(H,20,21). The Morgan fingerprint density at radius 3 is 2.22 bits per heavy atom. The number of primary amides is 2. The Morgan fingerprint density at radius 2 is 1.65 bits per heavy atom. The number of nitrogens with two attached hydrogens (primary N) is 2. The van der Waals surface area contributed by atoms with E-state index in [1.807, 2.05) is 6.07 Å². The molecule has 2 aromatic rings. The summed E-state index contributed by atoms with van der Waals surface area (Å²) in [6.45, 7) is 2.90. The van der Waals surface area contributed by atoms with E-state index < -0.39 is 11.8 Å². The highest BCUT2D eigenvalue weighted by molar-refractivity contribution is 6.07. The molecule has 5 N–H and O–H groups in total. The fourth-order valence-electron chi connectivity index (χ4n) is 2.30. The predicted molar refractivity (Wildman–Crippen MR) is 90.1 cm³/mol. The van der Waals surface area contributed by atoms with Crippen LogP contribution in [0.25, 0.3) is 11.3 Å². The first-order valence-electron chi connectivity index (χ1n) is 7.48. The first-order valence-corrected chi connectivity index (χ1v) is 7.48. The van der Waals surface area contributed by atoms with E-state index in [1.54, 1.807) is 30.3 Å². The minimum Gasteiger partial charge on any atom is -0.370 e. The quantitative estimate of drug-likeness (QED) is 0.680. The zero-order chi connectivity index (χ0) is 16.8. The summed E-state index contributed by atoms with van der Waals surface area (Å²) in [5.74, 6) is -0.589. The van der Waals surface area contributed by atoms with Crippen LogP contribution in [-0.2, 0) is 0 Å². The van der Waals surface area contributed by atoms with E-state index in [0.29, 0.717) is 17.1 Å². The number of rotatable bonds is 7. The lowest BCUT2D eigenvalue weighted by molar-refractivity contribution is 0.0999. The van der Waals surface area contributed by atoms with E-state index in [2.05, 4.69) is 17.2 Å². The Morgan fingerprint density at radius 1 is 1.04 bits per heavy atom. The lowest BCUT2D eigenvalue weighted by Crippen LogP contribution is -2.18. The van der Waals surface area contributed by atoms with Crippen LogP contribution in [0.2, 0.25) is 0 Å². The number of hydrogen-bond acceptors (Lipinski definition) is 4. The highest BCUT2D eigenvalue weighted by atomic mass is 16.1. The second-order valence-corrected chi connectivity index (χ2v) is 5.15. The molecule has 6 heteroatoms. The average Bonchev–Trinajstić information content (AvgIpc) is 2.54. The number of nitrogens with one attached hydrogen (secondary N) is 1. The zero-order valence-corrected chi connectivity index (χ0v) is 13.0. The number of unbranched alkanes of at least 4 members (excludes halogenated alkanes) is 1. The summed E-state index contributed by atoms with van der Waals surface area (Å²) in [7, 11) is 0. The first-order chi connectivity index (χ1) is 11.0. The van der Waals surface area contributed by atoms with Crippen molar-refractivity contribution in [1.29, 1.82) is 0 Å². The van der Waals surface area contributed by atoms with Gasteiger partial charge in [-0.3, -0.25) is 9.59 Å². The van der Waals surface area contributed by atoms with E-state index in [-0.39, 0.29) is 11.1 Å². The van der Waals surface area contributed by atoms with Crippen molar-refractivity contribution in [2.24, 2.45) is 11.5 Å². The largest absolute Gasteiger partial charge is 0.370 e. The molecule has 0 unspecified atom stereocenters. The highest BCUT2D eigenvalue weighted by Gasteiger charge is 2.18. The van der Waals surface area contributed by atoms with Crippen molar-refractivity contribution in [2.45, 2.75) is 19.8 Å². The molecule has 0 aliphatic heterocycles. The third-order valence-electron chi connectivity index (χ3n) is 3.44. The maximum absolute atomic E-state index is 11.7. The Hall–Kier alpha value is -2.89. The molecular weight excluding hydrogens is 292 g/mol. The number of amides is 2. The molecule has 0 aliphatic carbocycles. The molecular formula is C17H20N4O2. The summed E-state index contributed by atoms with van der Waals surface area (Å²) in [6.07, 6.45) is 2.10. The van der Waals surface area contributed by atoms with Gasteiger partial charge in [-0.25, -0.2) is 4.98 Å². The monoisotopic (exact) mass is 312 g/mol. The summed E-state index contributed by atoms with van der Waals surface area (Å²) in [6, 6.07) is 10.0. The van der Waals surface area contributed by atoms with Crippen molar-refractivity contribution in [3.63, 3.8) is 0 Å². The molecule has 0 spiro atoms. The Kier molecular flexibility index (Phi) is 5.30. The van der Waals surface area contributed by atoms with E-state index in [4.69, 9.17) is 11.5 Å². The van der Waals surface area contributed by atoms with Gasteiger partial charge < -0.3 is 16.8 Å². The number of anilines is 1. The van der Waals surface area contributed by atoms with Crippen molar-refractivity contribution in [2.75, 3.05) is 11.9 Å². The third-order valence-corrected chi connectivity index (χ3v) is 3.44. The molecule has 0 saturated heterocycles. The second kappa shape index (κ2) is 7.40. The fraction of sp³-hybridized carbons (Fsp3) is 0.235. The number of carbonyl (C=O) groups is 2. The van der Waals surface area contributed by atoms with Crippen molar-refractivity contribution >= 4 is 17.6 Å². The van der Waals surface area contributed by atoms with Gasteiger partial charge in [0.05, 0.1) is 5.69 Å². The van der Waals surface area contributed by atoms with Gasteiger partial charge in [0.1, 0.15) is 5.82 Å². The van der Waals surface area contributed by atoms with E-state index in [9.17, 15) is 9.59 Å². The highest BCUT2D eigenvalue weighted by Crippen LogP contribution is 2.27. The van der Waals surface area contributed by atoms with Crippen LogP contribution in [0.15, 0.2) is 36.4 Å². The minimum absolute atomic E-state index is 0.222. The number of pyridine rings is 1. The number of nitrogens with zero attached hydrogens (tertiary/aromatic N) is 1. The van der Waals surface area contributed by atoms with Gasteiger partial charge in [0, 0.05) is 23.2 Å². The molecule has 0 bridgehead atoms. The van der Waals surface area contributed by atoms with Crippen LogP contribution in [0.1, 0.15) is 40.5 Å². The molecule has 1 aromatic carbocycles. The van der Waals surface area contributed by atoms with Crippen molar-refractivity contribution < 1.29 is 9.59 Å². The molecule has 0 saturated carbocycles. The van der Waals surface area contributed by atoms with Gasteiger partial charge in [-0.05, 0) is 30.7 Å². The Labute approximate surface area is 134 Å². The van der Waals surface area contributed by atoms with Gasteiger partial charge in [-0.2, -0.15) is 0 Å². The van der Waals surface area contributed by atoms with Crippen molar-refractivity contribution in [1.82, 2.24) is 4.98 Å². The first kappa shape index (κ1) is 16.5. The fourth-order valence-corrected chi connectivity index (χ4v) is 2.30. The molecule has 0 fully saturated rings. The Bertz CT molecular complexity index is 696. The SMILES string of the molecule is CCCCNc1cccc(-c2c(C(N)=O)cccc2C(N)=O)n1. The van der Waals surface area contributed by atoms with Crippen LogP contribution in [0.4, 0.5) is 5.82 Å². The van der Waals surface area contributed by atoms with E-state index in [1.165, 1.54) is 0 Å². The number of benzene rings is 1. The lowest BCUT2D eigenvalue weighted by atomic mass is 9.96. The summed E-state index contributed by atoms with van der Waals surface area (Å²) in [4.78, 5) is 27.9. The summed E-state index contributed by atoms with van der Waals surface area (Å²) >= 11 is 0. The maximum atomic E-state index is 11.7. The summed E-state index contributed by atoms with van der Waals surface area (Å²) in [5, 5.41) is 3.21. The number of aromatic nitrogens is 1. The van der Waals surface area contributed by atoms with E-state index in [0.717, 1.165) is 19.4 Å². The summed E-state index contributed by atoms with van der Waals surface area (Å²) in [5.41, 5.74) is 12.1. The second-order valence-electron chi connectivity index (χ2n) is 5.15. The normalized spacial score (nSPS) is 10.3. The molecule has 0 atom stereocenters. The van der Waals surface area contributed by atoms with Crippen molar-refractivity contribution in [3.8, 4) is 11.3 Å². The van der Waals surface area contributed by atoms with Crippen LogP contribution >= 0.6 is 0 Å². The summed E-state index contributed by atoms with van der Waals surface area (Å²) < 4.78 is 0. The predicted octanol–water partition coefficient (Wildman–Crippen LogP) is 2.16.